The number of nitriles is 1. The normalized spacial score (nSPS) is 23.7. The van der Waals surface area contributed by atoms with Gasteiger partial charge in [-0.1, -0.05) is 0 Å². The number of benzene rings is 1. The summed E-state index contributed by atoms with van der Waals surface area (Å²) < 4.78 is 28.2. The number of nitrogens with zero attached hydrogens (tertiary/aromatic N) is 6. The van der Waals surface area contributed by atoms with Crippen LogP contribution < -0.4 is 5.32 Å². The molecule has 0 spiro atoms. The van der Waals surface area contributed by atoms with Crippen molar-refractivity contribution in [1.82, 2.24) is 28.8 Å². The fraction of sp³-hybridized carbons (Fsp3) is 0.323. The quantitative estimate of drug-likeness (QED) is 0.291. The number of rotatable bonds is 9. The predicted octanol–water partition coefficient (Wildman–Crippen LogP) is 1.76. The third kappa shape index (κ3) is 5.31. The molecule has 1 aliphatic carbocycles. The lowest BCUT2D eigenvalue weighted by atomic mass is 9.85. The maximum Gasteiger partial charge on any atom is 0.281 e. The van der Waals surface area contributed by atoms with E-state index in [-0.39, 0.29) is 29.6 Å². The molecule has 0 radical (unpaired) electrons. The molecule has 3 atom stereocenters. The maximum atomic E-state index is 14.7. The molecular formula is C31H31N7O4S. The van der Waals surface area contributed by atoms with E-state index in [9.17, 15) is 18.0 Å². The van der Waals surface area contributed by atoms with E-state index in [4.69, 9.17) is 5.26 Å². The van der Waals surface area contributed by atoms with Gasteiger partial charge in [0.05, 0.1) is 11.6 Å². The number of pyridine rings is 2. The molecule has 1 N–H and O–H groups in total. The largest absolute Gasteiger partial charge is 0.357 e. The smallest absolute Gasteiger partial charge is 0.281 e. The first-order valence-corrected chi connectivity index (χ1v) is 15.4. The number of hydrogen-bond acceptors (Lipinski definition) is 8. The van der Waals surface area contributed by atoms with Crippen molar-refractivity contribution in [1.29, 1.82) is 5.26 Å². The SMILES string of the molecule is CN(C)S(=O)(=O)N1C[C@@H]2[C@H](C1)[C@H]2N1C(=O)C(Cc2ccncc2)(Cc2ccncc2)N/C1=C\C(=O)c1ccc(C#N)cc1. The Labute approximate surface area is 250 Å². The van der Waals surface area contributed by atoms with Crippen LogP contribution in [0.25, 0.3) is 0 Å². The minimum atomic E-state index is -3.57. The molecule has 0 unspecified atom stereocenters. The van der Waals surface area contributed by atoms with Gasteiger partial charge < -0.3 is 5.32 Å². The fourth-order valence-corrected chi connectivity index (χ4v) is 7.46. The Balaban J connectivity index is 1.38. The number of carbonyl (C=O) groups excluding carboxylic acids is 2. The van der Waals surface area contributed by atoms with Crippen LogP contribution in [-0.4, -0.2) is 82.4 Å². The van der Waals surface area contributed by atoms with Gasteiger partial charge in [-0.2, -0.15) is 22.3 Å². The Bertz CT molecular complexity index is 1670. The van der Waals surface area contributed by atoms with Crippen molar-refractivity contribution in [3.8, 4) is 6.07 Å². The van der Waals surface area contributed by atoms with Crippen molar-refractivity contribution in [3.63, 3.8) is 0 Å². The van der Waals surface area contributed by atoms with Gasteiger partial charge in [-0.25, -0.2) is 0 Å². The predicted molar refractivity (Wildman–Crippen MR) is 157 cm³/mol. The highest BCUT2D eigenvalue weighted by molar-refractivity contribution is 7.86. The first-order chi connectivity index (χ1) is 20.6. The summed E-state index contributed by atoms with van der Waals surface area (Å²) in [5.74, 6) is -0.181. The van der Waals surface area contributed by atoms with Crippen molar-refractivity contribution in [2.45, 2.75) is 24.4 Å². The Morgan fingerprint density at radius 2 is 1.53 bits per heavy atom. The van der Waals surface area contributed by atoms with Gasteiger partial charge in [0, 0.05) is 94.3 Å². The molecule has 3 aliphatic rings. The highest BCUT2D eigenvalue weighted by Crippen LogP contribution is 2.52. The Hall–Kier alpha value is -4.44. The number of aromatic nitrogens is 2. The van der Waals surface area contributed by atoms with Crippen molar-refractivity contribution < 1.29 is 18.0 Å². The van der Waals surface area contributed by atoms with Crippen molar-refractivity contribution >= 4 is 21.9 Å². The average Bonchev–Trinajstić information content (AvgIpc) is 3.34. The zero-order valence-corrected chi connectivity index (χ0v) is 24.6. The van der Waals surface area contributed by atoms with E-state index < -0.39 is 15.7 Å². The molecule has 2 aliphatic heterocycles. The average molecular weight is 598 g/mol. The number of carbonyl (C=O) groups is 2. The number of nitrogens with one attached hydrogen (secondary N) is 1. The number of hydrogen-bond donors (Lipinski definition) is 1. The van der Waals surface area contributed by atoms with Gasteiger partial charge in [-0.3, -0.25) is 24.5 Å². The molecule has 0 bridgehead atoms. The molecule has 2 saturated heterocycles. The second-order valence-electron chi connectivity index (χ2n) is 11.5. The topological polar surface area (TPSA) is 140 Å². The molecule has 4 heterocycles. The third-order valence-corrected chi connectivity index (χ3v) is 10.4. The lowest BCUT2D eigenvalue weighted by molar-refractivity contribution is -0.132. The number of piperidine rings is 1. The lowest BCUT2D eigenvalue weighted by Gasteiger charge is -2.29. The number of fused-ring (bicyclic) bond motifs is 1. The summed E-state index contributed by atoms with van der Waals surface area (Å²) in [4.78, 5) is 38.1. The van der Waals surface area contributed by atoms with Crippen LogP contribution in [0.1, 0.15) is 27.0 Å². The van der Waals surface area contributed by atoms with E-state index in [2.05, 4.69) is 21.4 Å². The van der Waals surface area contributed by atoms with Gasteiger partial charge in [-0.05, 0) is 59.7 Å². The zero-order chi connectivity index (χ0) is 30.4. The van der Waals surface area contributed by atoms with Crippen LogP contribution in [0.5, 0.6) is 0 Å². The van der Waals surface area contributed by atoms with Gasteiger partial charge in [0.15, 0.2) is 5.78 Å². The van der Waals surface area contributed by atoms with Gasteiger partial charge >= 0.3 is 0 Å². The molecular weight excluding hydrogens is 566 g/mol. The second-order valence-corrected chi connectivity index (χ2v) is 13.6. The molecule has 2 aromatic heterocycles. The molecule has 3 fully saturated rings. The summed E-state index contributed by atoms with van der Waals surface area (Å²) >= 11 is 0. The minimum Gasteiger partial charge on any atom is -0.357 e. The summed E-state index contributed by atoms with van der Waals surface area (Å²) in [5, 5.41) is 12.6. The van der Waals surface area contributed by atoms with Crippen LogP contribution in [0.15, 0.2) is 85.2 Å². The molecule has 12 heteroatoms. The molecule has 220 valence electrons. The molecule has 1 saturated carbocycles. The molecule has 1 amide bonds. The third-order valence-electron chi connectivity index (χ3n) is 8.53. The van der Waals surface area contributed by atoms with Crippen LogP contribution in [0.4, 0.5) is 0 Å². The summed E-state index contributed by atoms with van der Waals surface area (Å²) in [6.07, 6.45) is 8.87. The Morgan fingerprint density at radius 1 is 1.00 bits per heavy atom. The van der Waals surface area contributed by atoms with Crippen LogP contribution in [0, 0.1) is 23.2 Å². The van der Waals surface area contributed by atoms with E-state index >= 15 is 0 Å². The van der Waals surface area contributed by atoms with Crippen molar-refractivity contribution in [2.24, 2.45) is 11.8 Å². The molecule has 3 aromatic rings. The van der Waals surface area contributed by atoms with Crippen LogP contribution in [0.3, 0.4) is 0 Å². The maximum absolute atomic E-state index is 14.7. The number of amides is 1. The summed E-state index contributed by atoms with van der Waals surface area (Å²) in [6.45, 7) is 0.608. The van der Waals surface area contributed by atoms with Gasteiger partial charge in [0.1, 0.15) is 11.4 Å². The van der Waals surface area contributed by atoms with E-state index in [1.807, 2.05) is 24.3 Å². The molecule has 1 aromatic carbocycles. The van der Waals surface area contributed by atoms with Gasteiger partial charge in [0.2, 0.25) is 0 Å². The van der Waals surface area contributed by atoms with E-state index in [0.717, 1.165) is 11.1 Å². The molecule has 11 nitrogen and oxygen atoms in total. The Morgan fingerprint density at radius 3 is 2.02 bits per heavy atom. The lowest BCUT2D eigenvalue weighted by Crippen LogP contribution is -2.51. The van der Waals surface area contributed by atoms with Crippen molar-refractivity contribution in [3.05, 3.63) is 107 Å². The summed E-state index contributed by atoms with van der Waals surface area (Å²) in [5.41, 5.74) is 1.54. The first-order valence-electron chi connectivity index (χ1n) is 14.0. The Kier molecular flexibility index (Phi) is 7.33. The standard InChI is InChI=1S/C31H31N7O4S/c1-36(2)43(41,42)37-19-25-26(20-37)29(25)38-28(15-27(39)24-5-3-23(18-32)4-6-24)35-31(30(38)40,16-21-7-11-33-12-8-21)17-22-9-13-34-14-10-22/h3-15,25-26,29,35H,16-17,19-20H2,1-2H3/b28-15+/t25-,26+,29+. The van der Waals surface area contributed by atoms with E-state index in [0.29, 0.717) is 42.9 Å². The summed E-state index contributed by atoms with van der Waals surface area (Å²) in [7, 11) is -0.560. The van der Waals surface area contributed by atoms with Gasteiger partial charge in [0.25, 0.3) is 16.1 Å². The number of allylic oxidation sites excluding steroid dienone is 1. The molecule has 43 heavy (non-hydrogen) atoms. The van der Waals surface area contributed by atoms with Crippen molar-refractivity contribution in [2.75, 3.05) is 27.2 Å². The van der Waals surface area contributed by atoms with E-state index in [1.54, 1.807) is 54.0 Å². The fourth-order valence-electron chi connectivity index (χ4n) is 6.28. The zero-order valence-electron chi connectivity index (χ0n) is 23.8. The first kappa shape index (κ1) is 28.7. The minimum absolute atomic E-state index is 0.0495. The summed E-state index contributed by atoms with van der Waals surface area (Å²) in [6, 6.07) is 15.6. The monoisotopic (exact) mass is 597 g/mol. The van der Waals surface area contributed by atoms with Crippen LogP contribution in [-0.2, 0) is 27.8 Å². The van der Waals surface area contributed by atoms with Crippen LogP contribution in [0.2, 0.25) is 0 Å². The second kappa shape index (κ2) is 11.0. The van der Waals surface area contributed by atoms with Gasteiger partial charge in [-0.15, -0.1) is 0 Å². The number of ketones is 1. The highest BCUT2D eigenvalue weighted by Gasteiger charge is 2.65. The van der Waals surface area contributed by atoms with E-state index in [1.165, 1.54) is 28.8 Å². The molecule has 6 rings (SSSR count). The highest BCUT2D eigenvalue weighted by atomic mass is 32.2. The van der Waals surface area contributed by atoms with Crippen LogP contribution >= 0.6 is 0 Å².